The molecule has 0 saturated carbocycles. The second kappa shape index (κ2) is 7.11. The summed E-state index contributed by atoms with van der Waals surface area (Å²) in [6.45, 7) is 0. The molecule has 3 heterocycles. The molecule has 0 saturated heterocycles. The van der Waals surface area contributed by atoms with Gasteiger partial charge in [0.1, 0.15) is 10.0 Å². The van der Waals surface area contributed by atoms with E-state index in [2.05, 4.69) is 14.7 Å². The van der Waals surface area contributed by atoms with Crippen molar-refractivity contribution in [2.24, 2.45) is 0 Å². The lowest BCUT2D eigenvalue weighted by molar-refractivity contribution is 0.572. The number of benzene rings is 2. The van der Waals surface area contributed by atoms with Crippen molar-refractivity contribution in [1.29, 1.82) is 0 Å². The molecule has 0 spiro atoms. The predicted octanol–water partition coefficient (Wildman–Crippen LogP) is 5.48. The summed E-state index contributed by atoms with van der Waals surface area (Å²) < 4.78 is 34.8. The SMILES string of the molecule is O=S(=O)(Nc1sccc1-c1nc2ccccc2s1)c1ccc(-c2cnco2)cc1. The Morgan fingerprint density at radius 1 is 1.00 bits per heavy atom. The Hall–Kier alpha value is -3.01. The van der Waals surface area contributed by atoms with Gasteiger partial charge in [0.25, 0.3) is 10.0 Å². The molecule has 2 aromatic carbocycles. The van der Waals surface area contributed by atoms with Gasteiger partial charge in [0.15, 0.2) is 12.2 Å². The van der Waals surface area contributed by atoms with Crippen LogP contribution in [-0.4, -0.2) is 18.4 Å². The van der Waals surface area contributed by atoms with Gasteiger partial charge >= 0.3 is 0 Å². The highest BCUT2D eigenvalue weighted by molar-refractivity contribution is 7.93. The van der Waals surface area contributed by atoms with E-state index in [9.17, 15) is 8.42 Å². The first-order valence-corrected chi connectivity index (χ1v) is 11.7. The molecule has 3 aromatic heterocycles. The van der Waals surface area contributed by atoms with E-state index in [1.807, 2.05) is 35.7 Å². The third kappa shape index (κ3) is 3.44. The summed E-state index contributed by atoms with van der Waals surface area (Å²) in [5, 5.41) is 3.18. The Kier molecular flexibility index (Phi) is 4.42. The van der Waals surface area contributed by atoms with Crippen LogP contribution in [0.3, 0.4) is 0 Å². The normalized spacial score (nSPS) is 11.7. The second-order valence-electron chi connectivity index (χ2n) is 6.15. The number of fused-ring (bicyclic) bond motifs is 1. The average Bonchev–Trinajstić information content (AvgIpc) is 3.47. The minimum absolute atomic E-state index is 0.171. The van der Waals surface area contributed by atoms with Crippen LogP contribution in [0.25, 0.3) is 32.1 Å². The number of oxazole rings is 1. The number of rotatable bonds is 5. The molecule has 0 radical (unpaired) electrons. The molecule has 0 amide bonds. The third-order valence-corrected chi connectivity index (χ3v) is 7.69. The van der Waals surface area contributed by atoms with E-state index in [0.717, 1.165) is 26.4 Å². The summed E-state index contributed by atoms with van der Waals surface area (Å²) in [6, 6.07) is 16.2. The third-order valence-electron chi connectivity index (χ3n) is 4.30. The molecule has 144 valence electrons. The zero-order valence-corrected chi connectivity index (χ0v) is 17.2. The fourth-order valence-corrected chi connectivity index (χ4v) is 6.06. The van der Waals surface area contributed by atoms with Crippen molar-refractivity contribution in [2.45, 2.75) is 4.90 Å². The van der Waals surface area contributed by atoms with E-state index in [0.29, 0.717) is 10.8 Å². The van der Waals surface area contributed by atoms with Gasteiger partial charge in [-0.25, -0.2) is 18.4 Å². The number of para-hydroxylation sites is 1. The highest BCUT2D eigenvalue weighted by Crippen LogP contribution is 2.38. The molecule has 0 fully saturated rings. The summed E-state index contributed by atoms with van der Waals surface area (Å²) in [7, 11) is -3.74. The van der Waals surface area contributed by atoms with Gasteiger partial charge in [-0.15, -0.1) is 22.7 Å². The maximum atomic E-state index is 12.9. The van der Waals surface area contributed by atoms with E-state index >= 15 is 0 Å². The van der Waals surface area contributed by atoms with Crippen molar-refractivity contribution in [1.82, 2.24) is 9.97 Å². The molecule has 0 aliphatic carbocycles. The van der Waals surface area contributed by atoms with Crippen molar-refractivity contribution < 1.29 is 12.8 Å². The summed E-state index contributed by atoms with van der Waals surface area (Å²) >= 11 is 2.87. The van der Waals surface area contributed by atoms with Crippen LogP contribution in [0.5, 0.6) is 0 Å². The Bertz CT molecular complexity index is 1350. The van der Waals surface area contributed by atoms with Crippen molar-refractivity contribution in [3.8, 4) is 21.9 Å². The topological polar surface area (TPSA) is 85.1 Å². The van der Waals surface area contributed by atoms with Crippen molar-refractivity contribution >= 4 is 47.9 Å². The monoisotopic (exact) mass is 439 g/mol. The summed E-state index contributed by atoms with van der Waals surface area (Å²) in [4.78, 5) is 8.68. The highest BCUT2D eigenvalue weighted by atomic mass is 32.2. The van der Waals surface area contributed by atoms with Gasteiger partial charge in [0.2, 0.25) is 0 Å². The Labute approximate surface area is 174 Å². The molecule has 6 nitrogen and oxygen atoms in total. The smallest absolute Gasteiger partial charge is 0.262 e. The summed E-state index contributed by atoms with van der Waals surface area (Å²) in [5.74, 6) is 0.582. The number of aromatic nitrogens is 2. The maximum absolute atomic E-state index is 12.9. The average molecular weight is 440 g/mol. The van der Waals surface area contributed by atoms with Crippen molar-refractivity contribution in [3.05, 3.63) is 72.6 Å². The molecule has 0 bridgehead atoms. The van der Waals surface area contributed by atoms with Gasteiger partial charge in [0.05, 0.1) is 21.3 Å². The first kappa shape index (κ1) is 18.0. The fraction of sp³-hybridized carbons (Fsp3) is 0. The first-order valence-electron chi connectivity index (χ1n) is 8.55. The maximum Gasteiger partial charge on any atom is 0.262 e. The van der Waals surface area contributed by atoms with Gasteiger partial charge in [-0.1, -0.05) is 12.1 Å². The van der Waals surface area contributed by atoms with Crippen LogP contribution in [0.1, 0.15) is 0 Å². The lowest BCUT2D eigenvalue weighted by atomic mass is 10.2. The van der Waals surface area contributed by atoms with E-state index in [1.165, 1.54) is 29.1 Å². The Balaban J connectivity index is 1.45. The highest BCUT2D eigenvalue weighted by Gasteiger charge is 2.19. The molecule has 5 rings (SSSR count). The Morgan fingerprint density at radius 2 is 1.83 bits per heavy atom. The van der Waals surface area contributed by atoms with E-state index in [4.69, 9.17) is 4.42 Å². The fourth-order valence-electron chi connectivity index (χ4n) is 2.88. The van der Waals surface area contributed by atoms with Crippen LogP contribution in [0.15, 0.2) is 81.9 Å². The van der Waals surface area contributed by atoms with E-state index in [-0.39, 0.29) is 4.90 Å². The molecule has 9 heteroatoms. The number of hydrogen-bond donors (Lipinski definition) is 1. The van der Waals surface area contributed by atoms with Gasteiger partial charge in [-0.05, 0) is 47.8 Å². The minimum atomic E-state index is -3.74. The van der Waals surface area contributed by atoms with Gasteiger partial charge in [-0.2, -0.15) is 0 Å². The van der Waals surface area contributed by atoms with Gasteiger partial charge in [-0.3, -0.25) is 4.72 Å². The molecule has 5 aromatic rings. The van der Waals surface area contributed by atoms with Crippen molar-refractivity contribution in [2.75, 3.05) is 4.72 Å². The zero-order valence-electron chi connectivity index (χ0n) is 14.8. The number of nitrogens with zero attached hydrogens (tertiary/aromatic N) is 2. The predicted molar refractivity (Wildman–Crippen MR) is 116 cm³/mol. The second-order valence-corrected chi connectivity index (χ2v) is 9.77. The van der Waals surface area contributed by atoms with Crippen LogP contribution in [0, 0.1) is 0 Å². The van der Waals surface area contributed by atoms with E-state index in [1.54, 1.807) is 30.5 Å². The molecule has 1 N–H and O–H groups in total. The molecule has 0 unspecified atom stereocenters. The number of nitrogens with one attached hydrogen (secondary N) is 1. The summed E-state index contributed by atoms with van der Waals surface area (Å²) in [5.41, 5.74) is 2.43. The molecular formula is C20H13N3O3S3. The van der Waals surface area contributed by atoms with Crippen LogP contribution < -0.4 is 4.72 Å². The molecule has 0 aliphatic rings. The van der Waals surface area contributed by atoms with Crippen molar-refractivity contribution in [3.63, 3.8) is 0 Å². The number of thiazole rings is 1. The largest absolute Gasteiger partial charge is 0.444 e. The van der Waals surface area contributed by atoms with Crippen LogP contribution >= 0.6 is 22.7 Å². The quantitative estimate of drug-likeness (QED) is 0.392. The lowest BCUT2D eigenvalue weighted by Crippen LogP contribution is -2.12. The molecular weight excluding hydrogens is 426 g/mol. The van der Waals surface area contributed by atoms with Crippen LogP contribution in [-0.2, 0) is 10.0 Å². The number of thiophene rings is 1. The van der Waals surface area contributed by atoms with Gasteiger partial charge < -0.3 is 4.42 Å². The lowest BCUT2D eigenvalue weighted by Gasteiger charge is -2.08. The standard InChI is InChI=1S/C20H13N3O3S3/c24-29(25,14-7-5-13(6-8-14)17-11-21-12-26-17)23-20-15(9-10-27-20)19-22-16-3-1-2-4-18(16)28-19/h1-12,23H. The molecule has 0 atom stereocenters. The van der Waals surface area contributed by atoms with Crippen LogP contribution in [0.4, 0.5) is 5.00 Å². The van der Waals surface area contributed by atoms with Crippen LogP contribution in [0.2, 0.25) is 0 Å². The molecule has 0 aliphatic heterocycles. The van der Waals surface area contributed by atoms with E-state index < -0.39 is 10.0 Å². The first-order chi connectivity index (χ1) is 14.1. The zero-order chi connectivity index (χ0) is 19.8. The number of anilines is 1. The number of sulfonamides is 1. The summed E-state index contributed by atoms with van der Waals surface area (Å²) in [6.07, 6.45) is 2.92. The Morgan fingerprint density at radius 3 is 2.59 bits per heavy atom. The number of hydrogen-bond acceptors (Lipinski definition) is 7. The minimum Gasteiger partial charge on any atom is -0.444 e. The van der Waals surface area contributed by atoms with Gasteiger partial charge in [0, 0.05) is 11.1 Å². The molecule has 29 heavy (non-hydrogen) atoms.